The molecule has 2 aromatic carbocycles. The largest absolute Gasteiger partial charge is 0.493 e. The minimum Gasteiger partial charge on any atom is -0.493 e. The van der Waals surface area contributed by atoms with E-state index < -0.39 is 0 Å². The monoisotopic (exact) mass is 431 g/mol. The molecule has 2 N–H and O–H groups in total. The molecule has 0 bridgehead atoms. The highest BCUT2D eigenvalue weighted by Gasteiger charge is 2.14. The molecule has 4 rings (SSSR count). The minimum absolute atomic E-state index is 0.458. The summed E-state index contributed by atoms with van der Waals surface area (Å²) in [7, 11) is 3.31. The molecule has 0 aliphatic heterocycles. The highest BCUT2D eigenvalue weighted by molar-refractivity contribution is 5.91. The first-order valence-corrected chi connectivity index (χ1v) is 10.9. The second-order valence-electron chi connectivity index (χ2n) is 7.68. The second kappa shape index (κ2) is 9.83. The highest BCUT2D eigenvalue weighted by atomic mass is 16.5. The van der Waals surface area contributed by atoms with Crippen LogP contribution in [0.25, 0.3) is 21.7 Å². The van der Waals surface area contributed by atoms with Crippen molar-refractivity contribution in [3.63, 3.8) is 0 Å². The predicted octanol–water partition coefficient (Wildman–Crippen LogP) is 4.68. The molecule has 166 valence electrons. The Kier molecular flexibility index (Phi) is 6.71. The van der Waals surface area contributed by atoms with Gasteiger partial charge in [-0.05, 0) is 41.6 Å². The van der Waals surface area contributed by atoms with Crippen LogP contribution >= 0.6 is 0 Å². The Bertz CT molecular complexity index is 1240. The number of rotatable bonds is 9. The van der Waals surface area contributed by atoms with Crippen molar-refractivity contribution in [2.45, 2.75) is 26.2 Å². The summed E-state index contributed by atoms with van der Waals surface area (Å²) in [5.41, 5.74) is 9.56. The molecule has 4 aromatic rings. The molecule has 0 aliphatic rings. The fraction of sp³-hybridized carbons (Fsp3) is 0.308. The molecule has 0 saturated heterocycles. The first kappa shape index (κ1) is 21.8. The summed E-state index contributed by atoms with van der Waals surface area (Å²) in [4.78, 5) is 9.70. The molecule has 6 nitrogen and oxygen atoms in total. The zero-order chi connectivity index (χ0) is 22.5. The van der Waals surface area contributed by atoms with Gasteiger partial charge in [-0.1, -0.05) is 31.5 Å². The van der Waals surface area contributed by atoms with Crippen LogP contribution in [0.15, 0.2) is 48.7 Å². The molecule has 2 heterocycles. The predicted molar refractivity (Wildman–Crippen MR) is 128 cm³/mol. The van der Waals surface area contributed by atoms with Crippen molar-refractivity contribution in [1.29, 1.82) is 0 Å². The molecule has 0 atom stereocenters. The van der Waals surface area contributed by atoms with E-state index in [0.717, 1.165) is 57.2 Å². The Morgan fingerprint density at radius 1 is 0.938 bits per heavy atom. The van der Waals surface area contributed by atoms with Crippen LogP contribution in [0, 0.1) is 0 Å². The Labute approximate surface area is 188 Å². The van der Waals surface area contributed by atoms with Crippen molar-refractivity contribution in [2.75, 3.05) is 27.4 Å². The number of para-hydroxylation sites is 1. The number of benzene rings is 2. The summed E-state index contributed by atoms with van der Waals surface area (Å²) in [6, 6.07) is 14.2. The van der Waals surface area contributed by atoms with Crippen molar-refractivity contribution in [3.8, 4) is 17.2 Å². The summed E-state index contributed by atoms with van der Waals surface area (Å²) >= 11 is 0. The Balaban J connectivity index is 1.80. The van der Waals surface area contributed by atoms with Crippen LogP contribution in [0.1, 0.15) is 30.3 Å². The van der Waals surface area contributed by atoms with Gasteiger partial charge in [0.1, 0.15) is 17.9 Å². The smallest absolute Gasteiger partial charge is 0.161 e. The number of hydrogen-bond donors (Lipinski definition) is 1. The third-order valence-corrected chi connectivity index (χ3v) is 5.53. The molecule has 32 heavy (non-hydrogen) atoms. The number of nitrogens with two attached hydrogens (primary N) is 1. The summed E-state index contributed by atoms with van der Waals surface area (Å²) in [5, 5.41) is 3.24. The number of nitrogens with zero attached hydrogens (tertiary/aromatic N) is 2. The van der Waals surface area contributed by atoms with E-state index in [-0.39, 0.29) is 0 Å². The molecule has 0 aliphatic carbocycles. The van der Waals surface area contributed by atoms with E-state index >= 15 is 0 Å². The van der Waals surface area contributed by atoms with Gasteiger partial charge in [-0.25, -0.2) is 4.98 Å². The first-order valence-electron chi connectivity index (χ1n) is 10.9. The number of fused-ring (bicyclic) bond motifs is 2. The van der Waals surface area contributed by atoms with Gasteiger partial charge in [0.05, 0.1) is 14.2 Å². The van der Waals surface area contributed by atoms with Crippen LogP contribution in [0.4, 0.5) is 0 Å². The lowest BCUT2D eigenvalue weighted by Gasteiger charge is -2.15. The molecule has 0 spiro atoms. The molecular formula is C26H29N3O3. The third kappa shape index (κ3) is 4.32. The maximum Gasteiger partial charge on any atom is 0.161 e. The van der Waals surface area contributed by atoms with E-state index in [1.54, 1.807) is 14.2 Å². The highest BCUT2D eigenvalue weighted by Crippen LogP contribution is 2.36. The molecular weight excluding hydrogens is 402 g/mol. The molecule has 0 amide bonds. The second-order valence-corrected chi connectivity index (χ2v) is 7.68. The maximum absolute atomic E-state index is 5.81. The number of pyridine rings is 2. The van der Waals surface area contributed by atoms with Gasteiger partial charge >= 0.3 is 0 Å². The zero-order valence-corrected chi connectivity index (χ0v) is 18.9. The third-order valence-electron chi connectivity index (χ3n) is 5.53. The normalized spacial score (nSPS) is 11.1. The molecule has 0 unspecified atom stereocenters. The summed E-state index contributed by atoms with van der Waals surface area (Å²) in [6.45, 7) is 3.08. The summed E-state index contributed by atoms with van der Waals surface area (Å²) < 4.78 is 16.9. The van der Waals surface area contributed by atoms with Crippen molar-refractivity contribution >= 4 is 21.7 Å². The quantitative estimate of drug-likeness (QED) is 0.414. The summed E-state index contributed by atoms with van der Waals surface area (Å²) in [6.07, 6.45) is 4.53. The minimum atomic E-state index is 0.458. The van der Waals surface area contributed by atoms with E-state index in [4.69, 9.17) is 29.9 Å². The van der Waals surface area contributed by atoms with Crippen LogP contribution in [0.2, 0.25) is 0 Å². The van der Waals surface area contributed by atoms with Crippen molar-refractivity contribution in [3.05, 3.63) is 65.6 Å². The van der Waals surface area contributed by atoms with E-state index in [2.05, 4.69) is 19.1 Å². The SMILES string of the molecule is CCCc1ncc(Cc2ccc3cccc(OCCN)c3n2)c2cc(OC)c(OC)cc12. The van der Waals surface area contributed by atoms with Gasteiger partial charge in [0.25, 0.3) is 0 Å². The molecule has 6 heteroatoms. The standard InChI is InChI=1S/C26H29N3O3/c1-4-6-22-21-15-25(31-3)24(30-2)14-20(21)18(16-28-22)13-19-10-9-17-7-5-8-23(26(17)29-19)32-12-11-27/h5,7-10,14-16H,4,6,11-13,27H2,1-3H3. The number of hydrogen-bond acceptors (Lipinski definition) is 6. The van der Waals surface area contributed by atoms with Crippen molar-refractivity contribution in [1.82, 2.24) is 9.97 Å². The van der Waals surface area contributed by atoms with Gasteiger partial charge in [0, 0.05) is 41.3 Å². The topological polar surface area (TPSA) is 79.5 Å². The Hall–Kier alpha value is -3.38. The lowest BCUT2D eigenvalue weighted by molar-refractivity contribution is 0.331. The lowest BCUT2D eigenvalue weighted by Crippen LogP contribution is -2.11. The Morgan fingerprint density at radius 2 is 1.72 bits per heavy atom. The molecule has 2 aromatic heterocycles. The number of aromatic nitrogens is 2. The van der Waals surface area contributed by atoms with Gasteiger partial charge in [-0.3, -0.25) is 4.98 Å². The maximum atomic E-state index is 5.81. The average Bonchev–Trinajstić information content (AvgIpc) is 2.83. The molecule has 0 fully saturated rings. The van der Waals surface area contributed by atoms with Crippen LogP contribution < -0.4 is 19.9 Å². The number of aryl methyl sites for hydroxylation is 1. The van der Waals surface area contributed by atoms with Crippen molar-refractivity contribution < 1.29 is 14.2 Å². The molecule has 0 saturated carbocycles. The number of methoxy groups -OCH3 is 2. The van der Waals surface area contributed by atoms with Crippen LogP contribution in [-0.2, 0) is 12.8 Å². The van der Waals surface area contributed by atoms with E-state index in [9.17, 15) is 0 Å². The van der Waals surface area contributed by atoms with Gasteiger partial charge in [-0.2, -0.15) is 0 Å². The lowest BCUT2D eigenvalue weighted by atomic mass is 9.99. The van der Waals surface area contributed by atoms with E-state index in [1.165, 1.54) is 0 Å². The van der Waals surface area contributed by atoms with Gasteiger partial charge in [0.15, 0.2) is 11.5 Å². The van der Waals surface area contributed by atoms with Gasteiger partial charge < -0.3 is 19.9 Å². The van der Waals surface area contributed by atoms with Crippen LogP contribution in [0.3, 0.4) is 0 Å². The first-order chi connectivity index (χ1) is 15.7. The van der Waals surface area contributed by atoms with E-state index in [0.29, 0.717) is 31.1 Å². The average molecular weight is 432 g/mol. The van der Waals surface area contributed by atoms with Crippen LogP contribution in [0.5, 0.6) is 17.2 Å². The fourth-order valence-electron chi connectivity index (χ4n) is 3.99. The summed E-state index contributed by atoms with van der Waals surface area (Å²) in [5.74, 6) is 2.17. The van der Waals surface area contributed by atoms with E-state index in [1.807, 2.05) is 36.5 Å². The van der Waals surface area contributed by atoms with Crippen molar-refractivity contribution in [2.24, 2.45) is 5.73 Å². The Morgan fingerprint density at radius 3 is 2.44 bits per heavy atom. The number of ether oxygens (including phenoxy) is 3. The molecule has 0 radical (unpaired) electrons. The fourth-order valence-corrected chi connectivity index (χ4v) is 3.99. The van der Waals surface area contributed by atoms with Gasteiger partial charge in [0.2, 0.25) is 0 Å². The van der Waals surface area contributed by atoms with Gasteiger partial charge in [-0.15, -0.1) is 0 Å². The zero-order valence-electron chi connectivity index (χ0n) is 18.9. The van der Waals surface area contributed by atoms with Crippen LogP contribution in [-0.4, -0.2) is 37.3 Å².